The van der Waals surface area contributed by atoms with Crippen molar-refractivity contribution >= 4 is 5.95 Å². The van der Waals surface area contributed by atoms with Crippen molar-refractivity contribution in [2.75, 3.05) is 0 Å². The smallest absolute Gasteiger partial charge is 0.442 e. The molecule has 0 saturated carbocycles. The Morgan fingerprint density at radius 3 is 2.93 bits per heavy atom. The van der Waals surface area contributed by atoms with Gasteiger partial charge < -0.3 is 19.7 Å². The van der Waals surface area contributed by atoms with Gasteiger partial charge in [-0.15, -0.1) is 0 Å². The fraction of sp³-hybridized carbons (Fsp3) is 0.143. The quantitative estimate of drug-likeness (QED) is 0.579. The van der Waals surface area contributed by atoms with Gasteiger partial charge in [0.25, 0.3) is 0 Å². The molecule has 0 bridgehead atoms. The Labute approximate surface area is 82.9 Å². The number of rotatable bonds is 2. The van der Waals surface area contributed by atoms with E-state index in [2.05, 4.69) is 10.1 Å². The molecule has 8 nitrogen and oxygen atoms in total. The van der Waals surface area contributed by atoms with Crippen LogP contribution in [0.3, 0.4) is 0 Å². The zero-order valence-corrected chi connectivity index (χ0v) is 7.62. The molecule has 2 heterocycles. The SMILES string of the molecule is Cc1noc(-n2ccnc2[N+](=O)[O-])c1O. The number of aromatic nitrogens is 3. The molecule has 0 atom stereocenters. The van der Waals surface area contributed by atoms with E-state index in [-0.39, 0.29) is 17.3 Å². The largest absolute Gasteiger partial charge is 0.501 e. The predicted octanol–water partition coefficient (Wildman–Crippen LogP) is 0.783. The summed E-state index contributed by atoms with van der Waals surface area (Å²) in [5.74, 6) is -0.797. The van der Waals surface area contributed by atoms with Gasteiger partial charge in [0.15, 0.2) is 0 Å². The Morgan fingerprint density at radius 2 is 2.40 bits per heavy atom. The summed E-state index contributed by atoms with van der Waals surface area (Å²) in [7, 11) is 0. The Kier molecular flexibility index (Phi) is 1.89. The van der Waals surface area contributed by atoms with Gasteiger partial charge >= 0.3 is 11.8 Å². The standard InChI is InChI=1S/C7H6N4O4/c1-4-5(12)6(15-9-4)10-3-2-8-7(10)11(13)14/h2-3,12H,1H3. The molecule has 0 aliphatic carbocycles. The maximum absolute atomic E-state index is 10.6. The van der Waals surface area contributed by atoms with Crippen molar-refractivity contribution in [3.8, 4) is 11.6 Å². The van der Waals surface area contributed by atoms with Crippen molar-refractivity contribution in [3.05, 3.63) is 28.2 Å². The van der Waals surface area contributed by atoms with Gasteiger partial charge in [0.2, 0.25) is 5.75 Å². The molecule has 8 heteroatoms. The Morgan fingerprint density at radius 1 is 1.67 bits per heavy atom. The summed E-state index contributed by atoms with van der Waals surface area (Å²) in [6, 6.07) is 0. The molecule has 0 unspecified atom stereocenters. The molecule has 78 valence electrons. The Bertz CT molecular complexity index is 515. The maximum Gasteiger partial charge on any atom is 0.442 e. The summed E-state index contributed by atoms with van der Waals surface area (Å²) in [5.41, 5.74) is 0.257. The number of nitrogens with zero attached hydrogens (tertiary/aromatic N) is 4. The summed E-state index contributed by atoms with van der Waals surface area (Å²) in [5, 5.41) is 23.5. The zero-order valence-electron chi connectivity index (χ0n) is 7.62. The van der Waals surface area contributed by atoms with Crippen LogP contribution in [0.25, 0.3) is 5.88 Å². The van der Waals surface area contributed by atoms with Crippen LogP contribution < -0.4 is 0 Å². The number of hydrogen-bond donors (Lipinski definition) is 1. The van der Waals surface area contributed by atoms with E-state index in [0.29, 0.717) is 0 Å². The summed E-state index contributed by atoms with van der Waals surface area (Å²) in [6.45, 7) is 1.52. The van der Waals surface area contributed by atoms with Crippen LogP contribution in [-0.4, -0.2) is 24.7 Å². The average molecular weight is 210 g/mol. The van der Waals surface area contributed by atoms with Gasteiger partial charge in [0.05, 0.1) is 0 Å². The van der Waals surface area contributed by atoms with E-state index < -0.39 is 10.9 Å². The molecule has 15 heavy (non-hydrogen) atoms. The summed E-state index contributed by atoms with van der Waals surface area (Å²) in [6.07, 6.45) is 2.53. The fourth-order valence-corrected chi connectivity index (χ4v) is 1.10. The normalized spacial score (nSPS) is 10.5. The lowest BCUT2D eigenvalue weighted by atomic mass is 10.4. The van der Waals surface area contributed by atoms with Crippen LogP contribution in [0, 0.1) is 17.0 Å². The minimum Gasteiger partial charge on any atom is -0.501 e. The first kappa shape index (κ1) is 9.19. The highest BCUT2D eigenvalue weighted by Gasteiger charge is 2.24. The minimum absolute atomic E-state index is 0.114. The maximum atomic E-state index is 10.6. The van der Waals surface area contributed by atoms with E-state index in [0.717, 1.165) is 4.57 Å². The Hall–Kier alpha value is -2.38. The molecule has 0 aromatic carbocycles. The van der Waals surface area contributed by atoms with Gasteiger partial charge in [-0.2, -0.15) is 4.57 Å². The first-order chi connectivity index (χ1) is 7.11. The summed E-state index contributed by atoms with van der Waals surface area (Å²) >= 11 is 0. The second-order valence-electron chi connectivity index (χ2n) is 2.78. The molecule has 2 aromatic heterocycles. The molecule has 2 rings (SSSR count). The second kappa shape index (κ2) is 3.08. The van der Waals surface area contributed by atoms with Crippen LogP contribution in [-0.2, 0) is 0 Å². The fourth-order valence-electron chi connectivity index (χ4n) is 1.10. The van der Waals surface area contributed by atoms with Crippen molar-refractivity contribution in [3.63, 3.8) is 0 Å². The predicted molar refractivity (Wildman–Crippen MR) is 46.7 cm³/mol. The molecule has 0 aliphatic heterocycles. The van der Waals surface area contributed by atoms with Crippen molar-refractivity contribution in [1.29, 1.82) is 0 Å². The van der Waals surface area contributed by atoms with Gasteiger partial charge in [-0.05, 0) is 11.8 Å². The van der Waals surface area contributed by atoms with Gasteiger partial charge in [-0.3, -0.25) is 0 Å². The van der Waals surface area contributed by atoms with E-state index in [1.54, 1.807) is 0 Å². The number of aryl methyl sites for hydroxylation is 1. The Balaban J connectivity index is 2.59. The van der Waals surface area contributed by atoms with Crippen molar-refractivity contribution in [1.82, 2.24) is 14.7 Å². The van der Waals surface area contributed by atoms with Crippen LogP contribution in [0.1, 0.15) is 5.69 Å². The molecule has 0 spiro atoms. The third kappa shape index (κ3) is 1.31. The monoisotopic (exact) mass is 210 g/mol. The van der Waals surface area contributed by atoms with Crippen LogP contribution in [0.5, 0.6) is 5.75 Å². The summed E-state index contributed by atoms with van der Waals surface area (Å²) < 4.78 is 5.76. The third-order valence-electron chi connectivity index (χ3n) is 1.82. The highest BCUT2D eigenvalue weighted by atomic mass is 16.6. The third-order valence-corrected chi connectivity index (χ3v) is 1.82. The lowest BCUT2D eigenvalue weighted by Crippen LogP contribution is -1.99. The number of nitro groups is 1. The van der Waals surface area contributed by atoms with E-state index in [1.807, 2.05) is 0 Å². The lowest BCUT2D eigenvalue weighted by Gasteiger charge is -1.95. The molecule has 1 N–H and O–H groups in total. The molecule has 0 fully saturated rings. The second-order valence-corrected chi connectivity index (χ2v) is 2.78. The van der Waals surface area contributed by atoms with Crippen molar-refractivity contribution in [2.45, 2.75) is 6.92 Å². The first-order valence-electron chi connectivity index (χ1n) is 3.94. The molecule has 0 saturated heterocycles. The van der Waals surface area contributed by atoms with Crippen LogP contribution in [0.15, 0.2) is 16.9 Å². The van der Waals surface area contributed by atoms with E-state index in [4.69, 9.17) is 4.52 Å². The number of aromatic hydroxyl groups is 1. The molecule has 0 aliphatic rings. The van der Waals surface area contributed by atoms with Gasteiger partial charge in [-0.1, -0.05) is 10.1 Å². The van der Waals surface area contributed by atoms with Crippen LogP contribution in [0.2, 0.25) is 0 Å². The van der Waals surface area contributed by atoms with Gasteiger partial charge in [0.1, 0.15) is 18.1 Å². The van der Waals surface area contributed by atoms with E-state index >= 15 is 0 Å². The molecular weight excluding hydrogens is 204 g/mol. The lowest BCUT2D eigenvalue weighted by molar-refractivity contribution is -0.395. The molecule has 2 aromatic rings. The highest BCUT2D eigenvalue weighted by Crippen LogP contribution is 2.27. The van der Waals surface area contributed by atoms with Crippen molar-refractivity contribution < 1.29 is 14.6 Å². The highest BCUT2D eigenvalue weighted by molar-refractivity contribution is 5.42. The molecule has 0 radical (unpaired) electrons. The van der Waals surface area contributed by atoms with E-state index in [1.165, 1.54) is 19.3 Å². The molecule has 0 amide bonds. The van der Waals surface area contributed by atoms with Crippen molar-refractivity contribution in [2.24, 2.45) is 0 Å². The number of imidazole rings is 1. The zero-order chi connectivity index (χ0) is 11.0. The van der Waals surface area contributed by atoms with E-state index in [9.17, 15) is 15.2 Å². The van der Waals surface area contributed by atoms with Crippen LogP contribution in [0.4, 0.5) is 5.95 Å². The first-order valence-corrected chi connectivity index (χ1v) is 3.94. The average Bonchev–Trinajstić information content (AvgIpc) is 2.75. The number of hydrogen-bond acceptors (Lipinski definition) is 6. The summed E-state index contributed by atoms with van der Waals surface area (Å²) in [4.78, 5) is 13.4. The van der Waals surface area contributed by atoms with Gasteiger partial charge in [-0.25, -0.2) is 0 Å². The van der Waals surface area contributed by atoms with Gasteiger partial charge in [0, 0.05) is 0 Å². The molecular formula is C7H6N4O4. The topological polar surface area (TPSA) is 107 Å². The minimum atomic E-state index is -0.683. The van der Waals surface area contributed by atoms with Crippen LogP contribution >= 0.6 is 0 Å².